The molecule has 2 aliphatic rings. The van der Waals surface area contributed by atoms with Gasteiger partial charge in [0.2, 0.25) is 5.91 Å². The molecule has 0 unspecified atom stereocenters. The minimum Gasteiger partial charge on any atom is -0.362 e. The molecule has 0 spiro atoms. The molecule has 6 nitrogen and oxygen atoms in total. The highest BCUT2D eigenvalue weighted by atomic mass is 16.2. The summed E-state index contributed by atoms with van der Waals surface area (Å²) in [5.41, 5.74) is 2.56. The van der Waals surface area contributed by atoms with Gasteiger partial charge in [0.1, 0.15) is 0 Å². The number of likely N-dealkylation sites (tertiary alicyclic amines) is 1. The lowest BCUT2D eigenvalue weighted by Gasteiger charge is -2.28. The third-order valence-electron chi connectivity index (χ3n) is 4.88. The molecule has 0 saturated carbocycles. The van der Waals surface area contributed by atoms with Gasteiger partial charge in [0.25, 0.3) is 0 Å². The van der Waals surface area contributed by atoms with E-state index in [4.69, 9.17) is 0 Å². The lowest BCUT2D eigenvalue weighted by atomic mass is 10.2. The Hall–Kier alpha value is -2.37. The maximum Gasteiger partial charge on any atom is 0.242 e. The highest BCUT2D eigenvalue weighted by Gasteiger charge is 2.31. The predicted octanol–water partition coefficient (Wildman–Crippen LogP) is 1.33. The van der Waals surface area contributed by atoms with Gasteiger partial charge < -0.3 is 9.80 Å². The summed E-state index contributed by atoms with van der Waals surface area (Å²) in [6, 6.07) is 8.63. The van der Waals surface area contributed by atoms with E-state index in [9.17, 15) is 4.79 Å². The second kappa shape index (κ2) is 6.02. The summed E-state index contributed by atoms with van der Waals surface area (Å²) in [6.45, 7) is 3.01. The molecule has 0 N–H and O–H groups in total. The molecule has 1 amide bonds. The van der Waals surface area contributed by atoms with Crippen LogP contribution in [-0.2, 0) is 17.8 Å². The number of nitrogens with zero attached hydrogens (tertiary/aromatic N) is 5. The Morgan fingerprint density at radius 3 is 3.04 bits per heavy atom. The largest absolute Gasteiger partial charge is 0.362 e. The fraction of sp³-hybridized carbons (Fsp3) is 0.471. The fourth-order valence-electron chi connectivity index (χ4n) is 3.72. The van der Waals surface area contributed by atoms with Gasteiger partial charge in [-0.3, -0.25) is 9.48 Å². The summed E-state index contributed by atoms with van der Waals surface area (Å²) in [5.74, 6) is 0.226. The Bertz CT molecular complexity index is 684. The molecule has 1 aromatic carbocycles. The van der Waals surface area contributed by atoms with Gasteiger partial charge in [-0.2, -0.15) is 0 Å². The number of hydrogen-bond donors (Lipinski definition) is 0. The Balaban J connectivity index is 1.42. The number of carbonyl (C=O) groups excluding carboxylic acids is 1. The standard InChI is InChI=1S/C17H21N5O/c23-17(13-20-10-7-14-4-1-2-6-16(14)20)22-9-3-5-15(22)12-21-11-8-18-19-21/h1-2,4,6,8,11,15H,3,5,7,9-10,12-13H2/t15-/m0/s1. The zero-order chi connectivity index (χ0) is 15.6. The number of anilines is 1. The van der Waals surface area contributed by atoms with Crippen molar-refractivity contribution in [3.8, 4) is 0 Å². The van der Waals surface area contributed by atoms with Crippen LogP contribution < -0.4 is 4.90 Å². The molecule has 1 aromatic heterocycles. The van der Waals surface area contributed by atoms with Gasteiger partial charge in [-0.1, -0.05) is 23.4 Å². The van der Waals surface area contributed by atoms with Crippen LogP contribution in [0.5, 0.6) is 0 Å². The summed E-state index contributed by atoms with van der Waals surface area (Å²) in [6.07, 6.45) is 6.69. The molecule has 2 aliphatic heterocycles. The Labute approximate surface area is 135 Å². The average Bonchev–Trinajstić information content (AvgIpc) is 3.29. The van der Waals surface area contributed by atoms with Gasteiger partial charge in [-0.15, -0.1) is 5.10 Å². The molecule has 2 aromatic rings. The maximum absolute atomic E-state index is 12.8. The predicted molar refractivity (Wildman–Crippen MR) is 87.1 cm³/mol. The number of benzene rings is 1. The number of hydrogen-bond acceptors (Lipinski definition) is 4. The van der Waals surface area contributed by atoms with E-state index < -0.39 is 0 Å². The van der Waals surface area contributed by atoms with Crippen molar-refractivity contribution in [2.75, 3.05) is 24.5 Å². The molecule has 0 aliphatic carbocycles. The molecule has 0 radical (unpaired) electrons. The molecule has 1 fully saturated rings. The first-order chi connectivity index (χ1) is 11.3. The monoisotopic (exact) mass is 311 g/mol. The highest BCUT2D eigenvalue weighted by molar-refractivity contribution is 5.83. The molecule has 23 heavy (non-hydrogen) atoms. The second-order valence-electron chi connectivity index (χ2n) is 6.31. The average molecular weight is 311 g/mol. The van der Waals surface area contributed by atoms with Crippen molar-refractivity contribution in [3.63, 3.8) is 0 Å². The van der Waals surface area contributed by atoms with E-state index >= 15 is 0 Å². The minimum atomic E-state index is 0.226. The molecule has 3 heterocycles. The van der Waals surface area contributed by atoms with Crippen LogP contribution >= 0.6 is 0 Å². The van der Waals surface area contributed by atoms with Gasteiger partial charge in [0, 0.05) is 25.0 Å². The van der Waals surface area contributed by atoms with E-state index in [1.54, 1.807) is 6.20 Å². The first kappa shape index (κ1) is 14.2. The smallest absolute Gasteiger partial charge is 0.242 e. The summed E-state index contributed by atoms with van der Waals surface area (Å²) in [7, 11) is 0. The van der Waals surface area contributed by atoms with Gasteiger partial charge >= 0.3 is 0 Å². The molecular weight excluding hydrogens is 290 g/mol. The Morgan fingerprint density at radius 1 is 1.26 bits per heavy atom. The van der Waals surface area contributed by atoms with Crippen LogP contribution in [0.1, 0.15) is 18.4 Å². The quantitative estimate of drug-likeness (QED) is 0.855. The van der Waals surface area contributed by atoms with E-state index in [1.807, 2.05) is 21.8 Å². The fourth-order valence-corrected chi connectivity index (χ4v) is 3.72. The van der Waals surface area contributed by atoms with E-state index in [0.29, 0.717) is 6.54 Å². The van der Waals surface area contributed by atoms with Crippen molar-refractivity contribution in [1.82, 2.24) is 19.9 Å². The number of fused-ring (bicyclic) bond motifs is 1. The van der Waals surface area contributed by atoms with Gasteiger partial charge in [0.05, 0.1) is 25.3 Å². The van der Waals surface area contributed by atoms with E-state index in [2.05, 4.69) is 33.4 Å². The first-order valence-electron chi connectivity index (χ1n) is 8.28. The van der Waals surface area contributed by atoms with Crippen LogP contribution in [0.2, 0.25) is 0 Å². The second-order valence-corrected chi connectivity index (χ2v) is 6.31. The topological polar surface area (TPSA) is 54.3 Å². The van der Waals surface area contributed by atoms with Gasteiger partial charge in [-0.25, -0.2) is 0 Å². The van der Waals surface area contributed by atoms with Gasteiger partial charge in [0.15, 0.2) is 0 Å². The van der Waals surface area contributed by atoms with Gasteiger partial charge in [-0.05, 0) is 30.9 Å². The minimum absolute atomic E-state index is 0.226. The van der Waals surface area contributed by atoms with Crippen molar-refractivity contribution in [3.05, 3.63) is 42.2 Å². The first-order valence-corrected chi connectivity index (χ1v) is 8.28. The van der Waals surface area contributed by atoms with Crippen molar-refractivity contribution < 1.29 is 4.79 Å². The van der Waals surface area contributed by atoms with Crippen LogP contribution in [0, 0.1) is 0 Å². The Morgan fingerprint density at radius 2 is 2.17 bits per heavy atom. The number of aromatic nitrogens is 3. The molecule has 1 atom stereocenters. The zero-order valence-corrected chi connectivity index (χ0v) is 13.1. The number of amides is 1. The lowest BCUT2D eigenvalue weighted by molar-refractivity contribution is -0.130. The van der Waals surface area contributed by atoms with Crippen LogP contribution in [0.4, 0.5) is 5.69 Å². The summed E-state index contributed by atoms with van der Waals surface area (Å²) in [5, 5.41) is 7.87. The van der Waals surface area contributed by atoms with E-state index in [1.165, 1.54) is 11.3 Å². The normalized spacial score (nSPS) is 20.1. The summed E-state index contributed by atoms with van der Waals surface area (Å²) >= 11 is 0. The maximum atomic E-state index is 12.8. The SMILES string of the molecule is O=C(CN1CCc2ccccc21)N1CCC[C@H]1Cn1ccnn1. The molecule has 0 bridgehead atoms. The molecule has 120 valence electrons. The number of rotatable bonds is 4. The van der Waals surface area contributed by atoms with Crippen molar-refractivity contribution in [2.24, 2.45) is 0 Å². The molecule has 4 rings (SSSR count). The molecule has 6 heteroatoms. The van der Waals surface area contributed by atoms with E-state index in [0.717, 1.165) is 38.9 Å². The third-order valence-corrected chi connectivity index (χ3v) is 4.88. The van der Waals surface area contributed by atoms with Crippen LogP contribution in [0.3, 0.4) is 0 Å². The van der Waals surface area contributed by atoms with Crippen molar-refractivity contribution >= 4 is 11.6 Å². The lowest BCUT2D eigenvalue weighted by Crippen LogP contribution is -2.44. The van der Waals surface area contributed by atoms with Crippen molar-refractivity contribution in [2.45, 2.75) is 31.8 Å². The van der Waals surface area contributed by atoms with Crippen LogP contribution in [0.15, 0.2) is 36.7 Å². The number of carbonyl (C=O) groups is 1. The number of para-hydroxylation sites is 1. The Kier molecular flexibility index (Phi) is 3.73. The van der Waals surface area contributed by atoms with Crippen LogP contribution in [-0.4, -0.2) is 51.5 Å². The third kappa shape index (κ3) is 2.81. The summed E-state index contributed by atoms with van der Waals surface area (Å²) < 4.78 is 1.82. The molecular formula is C17H21N5O. The molecule has 1 saturated heterocycles. The highest BCUT2D eigenvalue weighted by Crippen LogP contribution is 2.28. The van der Waals surface area contributed by atoms with Crippen LogP contribution in [0.25, 0.3) is 0 Å². The van der Waals surface area contributed by atoms with E-state index in [-0.39, 0.29) is 11.9 Å². The zero-order valence-electron chi connectivity index (χ0n) is 13.1. The van der Waals surface area contributed by atoms with Crippen molar-refractivity contribution in [1.29, 1.82) is 0 Å². The summed E-state index contributed by atoms with van der Waals surface area (Å²) in [4.78, 5) is 17.0.